The molecule has 11 heavy (non-hydrogen) atoms. The molecule has 0 aromatic carbocycles. The van der Waals surface area contributed by atoms with Crippen molar-refractivity contribution in [2.24, 2.45) is 5.92 Å². The topological polar surface area (TPSA) is 26.3 Å². The summed E-state index contributed by atoms with van der Waals surface area (Å²) in [5.41, 5.74) is 0.580. The van der Waals surface area contributed by atoms with Gasteiger partial charge in [0.1, 0.15) is 6.10 Å². The third-order valence-electron chi connectivity index (χ3n) is 1.76. The zero-order valence-electron chi connectivity index (χ0n) is 7.09. The zero-order valence-corrected chi connectivity index (χ0v) is 7.09. The Hall–Kier alpha value is -0.790. The Kier molecular flexibility index (Phi) is 2.32. The number of ether oxygens (including phenoxy) is 1. The van der Waals surface area contributed by atoms with Gasteiger partial charge in [0.2, 0.25) is 0 Å². The van der Waals surface area contributed by atoms with E-state index in [-0.39, 0.29) is 18.0 Å². The molecule has 0 aliphatic heterocycles. The van der Waals surface area contributed by atoms with Crippen LogP contribution in [0.4, 0.5) is 0 Å². The van der Waals surface area contributed by atoms with Crippen LogP contribution >= 0.6 is 0 Å². The average molecular weight is 154 g/mol. The molecule has 0 atom stereocenters. The lowest BCUT2D eigenvalue weighted by molar-refractivity contribution is -0.140. The first kappa shape index (κ1) is 8.31. The van der Waals surface area contributed by atoms with Gasteiger partial charge in [-0.15, -0.1) is 0 Å². The second-order valence-corrected chi connectivity index (χ2v) is 3.28. The minimum atomic E-state index is -0.220. The van der Waals surface area contributed by atoms with Gasteiger partial charge in [-0.3, -0.25) is 0 Å². The number of carbonyl (C=O) groups is 1. The van der Waals surface area contributed by atoms with E-state index < -0.39 is 0 Å². The van der Waals surface area contributed by atoms with E-state index in [2.05, 4.69) is 6.58 Å². The van der Waals surface area contributed by atoms with Crippen LogP contribution < -0.4 is 0 Å². The summed E-state index contributed by atoms with van der Waals surface area (Å²) in [4.78, 5) is 11.1. The summed E-state index contributed by atoms with van der Waals surface area (Å²) >= 11 is 0. The van der Waals surface area contributed by atoms with Crippen molar-refractivity contribution in [3.05, 3.63) is 12.2 Å². The number of esters is 1. The summed E-state index contributed by atoms with van der Waals surface area (Å²) in [6.07, 6.45) is 2.24. The van der Waals surface area contributed by atoms with Gasteiger partial charge >= 0.3 is 5.97 Å². The van der Waals surface area contributed by atoms with Crippen molar-refractivity contribution in [2.45, 2.75) is 32.8 Å². The normalized spacial score (nSPS) is 16.6. The highest BCUT2D eigenvalue weighted by molar-refractivity contribution is 5.88. The van der Waals surface area contributed by atoms with Gasteiger partial charge in [0.25, 0.3) is 0 Å². The zero-order chi connectivity index (χ0) is 8.43. The quantitative estimate of drug-likeness (QED) is 0.458. The van der Waals surface area contributed by atoms with E-state index >= 15 is 0 Å². The van der Waals surface area contributed by atoms with Crippen molar-refractivity contribution in [1.29, 1.82) is 0 Å². The van der Waals surface area contributed by atoms with Crippen molar-refractivity contribution in [3.8, 4) is 0 Å². The van der Waals surface area contributed by atoms with Crippen LogP contribution in [0.2, 0.25) is 0 Å². The molecule has 0 heterocycles. The Bertz CT molecular complexity index is 178. The smallest absolute Gasteiger partial charge is 0.333 e. The predicted octanol–water partition coefficient (Wildman–Crippen LogP) is 1.90. The molecule has 1 aliphatic rings. The van der Waals surface area contributed by atoms with E-state index in [0.29, 0.717) is 5.57 Å². The first-order valence-corrected chi connectivity index (χ1v) is 4.01. The lowest BCUT2D eigenvalue weighted by Crippen LogP contribution is -2.12. The Balaban J connectivity index is 2.33. The summed E-state index contributed by atoms with van der Waals surface area (Å²) in [6.45, 7) is 7.54. The van der Waals surface area contributed by atoms with Crippen LogP contribution in [0.15, 0.2) is 12.2 Å². The van der Waals surface area contributed by atoms with E-state index in [4.69, 9.17) is 4.74 Å². The molecule has 2 nitrogen and oxygen atoms in total. The highest BCUT2D eigenvalue weighted by Crippen LogP contribution is 2.25. The first-order valence-electron chi connectivity index (χ1n) is 4.01. The van der Waals surface area contributed by atoms with Crippen molar-refractivity contribution in [3.63, 3.8) is 0 Å². The molecule has 0 N–H and O–H groups in total. The molecule has 1 rings (SSSR count). The van der Waals surface area contributed by atoms with Crippen molar-refractivity contribution >= 4 is 5.97 Å². The van der Waals surface area contributed by atoms with Crippen LogP contribution in [-0.2, 0) is 9.53 Å². The SMILES string of the molecule is C=C(C(=O)OC1CC1)C(C)C. The third kappa shape index (κ3) is 2.37. The molecule has 0 amide bonds. The van der Waals surface area contributed by atoms with Gasteiger partial charge in [0.15, 0.2) is 0 Å². The van der Waals surface area contributed by atoms with E-state index in [1.165, 1.54) is 0 Å². The molecule has 0 saturated heterocycles. The fourth-order valence-electron chi connectivity index (χ4n) is 0.649. The molecule has 0 aromatic heterocycles. The highest BCUT2D eigenvalue weighted by Gasteiger charge is 2.27. The molecule has 2 heteroatoms. The first-order chi connectivity index (χ1) is 5.11. The summed E-state index contributed by atoms with van der Waals surface area (Å²) in [6, 6.07) is 0. The fraction of sp³-hybridized carbons (Fsp3) is 0.667. The monoisotopic (exact) mass is 154 g/mol. The molecule has 1 aliphatic carbocycles. The Morgan fingerprint density at radius 1 is 1.55 bits per heavy atom. The molecular weight excluding hydrogens is 140 g/mol. The van der Waals surface area contributed by atoms with Crippen LogP contribution in [0.1, 0.15) is 26.7 Å². The van der Waals surface area contributed by atoms with Gasteiger partial charge in [0.05, 0.1) is 0 Å². The maximum atomic E-state index is 11.1. The minimum absolute atomic E-state index is 0.193. The average Bonchev–Trinajstić information content (AvgIpc) is 2.69. The lowest BCUT2D eigenvalue weighted by Gasteiger charge is -2.07. The predicted molar refractivity (Wildman–Crippen MR) is 43.1 cm³/mol. The van der Waals surface area contributed by atoms with Gasteiger partial charge < -0.3 is 4.74 Å². The van der Waals surface area contributed by atoms with Crippen LogP contribution in [-0.4, -0.2) is 12.1 Å². The highest BCUT2D eigenvalue weighted by atomic mass is 16.5. The number of hydrogen-bond donors (Lipinski definition) is 0. The fourth-order valence-corrected chi connectivity index (χ4v) is 0.649. The summed E-state index contributed by atoms with van der Waals surface area (Å²) in [7, 11) is 0. The van der Waals surface area contributed by atoms with Crippen molar-refractivity contribution in [1.82, 2.24) is 0 Å². The van der Waals surface area contributed by atoms with Crippen molar-refractivity contribution < 1.29 is 9.53 Å². The second-order valence-electron chi connectivity index (χ2n) is 3.28. The summed E-state index contributed by atoms with van der Waals surface area (Å²) in [5, 5.41) is 0. The Morgan fingerprint density at radius 2 is 2.09 bits per heavy atom. The molecule has 1 fully saturated rings. The van der Waals surface area contributed by atoms with Crippen molar-refractivity contribution in [2.75, 3.05) is 0 Å². The molecule has 0 bridgehead atoms. The van der Waals surface area contributed by atoms with E-state index in [1.807, 2.05) is 13.8 Å². The van der Waals surface area contributed by atoms with Gasteiger partial charge in [-0.05, 0) is 18.8 Å². The Labute approximate surface area is 67.2 Å². The van der Waals surface area contributed by atoms with E-state index in [0.717, 1.165) is 12.8 Å². The van der Waals surface area contributed by atoms with Gasteiger partial charge in [-0.2, -0.15) is 0 Å². The van der Waals surface area contributed by atoms with Crippen LogP contribution in [0.25, 0.3) is 0 Å². The number of rotatable bonds is 3. The minimum Gasteiger partial charge on any atom is -0.459 e. The molecular formula is C9H14O2. The summed E-state index contributed by atoms with van der Waals surface area (Å²) in [5.74, 6) is -0.0243. The molecule has 1 saturated carbocycles. The van der Waals surface area contributed by atoms with Gasteiger partial charge in [-0.1, -0.05) is 20.4 Å². The molecule has 62 valence electrons. The van der Waals surface area contributed by atoms with Gasteiger partial charge in [0, 0.05) is 5.57 Å². The van der Waals surface area contributed by atoms with E-state index in [1.54, 1.807) is 0 Å². The molecule has 0 spiro atoms. The van der Waals surface area contributed by atoms with Crippen LogP contribution in [0.5, 0.6) is 0 Å². The van der Waals surface area contributed by atoms with Crippen LogP contribution in [0.3, 0.4) is 0 Å². The molecule has 0 aromatic rings. The third-order valence-corrected chi connectivity index (χ3v) is 1.76. The van der Waals surface area contributed by atoms with Crippen LogP contribution in [0, 0.1) is 5.92 Å². The largest absolute Gasteiger partial charge is 0.459 e. The number of hydrogen-bond acceptors (Lipinski definition) is 2. The molecule has 0 unspecified atom stereocenters. The number of carbonyl (C=O) groups excluding carboxylic acids is 1. The maximum Gasteiger partial charge on any atom is 0.333 e. The standard InChI is InChI=1S/C9H14O2/c1-6(2)7(3)9(10)11-8-4-5-8/h6,8H,3-5H2,1-2H3. The lowest BCUT2D eigenvalue weighted by atomic mass is 10.1. The maximum absolute atomic E-state index is 11.1. The van der Waals surface area contributed by atoms with E-state index in [9.17, 15) is 4.79 Å². The summed E-state index contributed by atoms with van der Waals surface area (Å²) < 4.78 is 5.05. The Morgan fingerprint density at radius 3 is 2.45 bits per heavy atom. The second kappa shape index (κ2) is 3.07. The van der Waals surface area contributed by atoms with Gasteiger partial charge in [-0.25, -0.2) is 4.79 Å². The molecule has 0 radical (unpaired) electrons.